The van der Waals surface area contributed by atoms with E-state index in [0.29, 0.717) is 25.9 Å². The van der Waals surface area contributed by atoms with Gasteiger partial charge in [0.15, 0.2) is 0 Å². The highest BCUT2D eigenvalue weighted by molar-refractivity contribution is 5.83. The number of hydrogen-bond acceptors (Lipinski definition) is 4. The molecule has 6 nitrogen and oxygen atoms in total. The van der Waals surface area contributed by atoms with Gasteiger partial charge in [-0.2, -0.15) is 0 Å². The van der Waals surface area contributed by atoms with Gasteiger partial charge in [0.25, 0.3) is 0 Å². The first-order valence-electron chi connectivity index (χ1n) is 5.30. The molecule has 16 heavy (non-hydrogen) atoms. The van der Waals surface area contributed by atoms with Crippen LogP contribution >= 0.6 is 0 Å². The molecular formula is C10H19N3O3. The Morgan fingerprint density at radius 3 is 2.56 bits per heavy atom. The first-order chi connectivity index (χ1) is 7.35. The Bertz CT molecular complexity index is 293. The number of amides is 1. The average molecular weight is 229 g/mol. The van der Waals surface area contributed by atoms with Gasteiger partial charge in [0, 0.05) is 26.1 Å². The summed E-state index contributed by atoms with van der Waals surface area (Å²) in [6, 6.07) is 0. The highest BCUT2D eigenvalue weighted by atomic mass is 16.4. The minimum absolute atomic E-state index is 0.0257. The third kappa shape index (κ3) is 2.93. The topological polar surface area (TPSA) is 86.9 Å². The van der Waals surface area contributed by atoms with E-state index >= 15 is 0 Å². The third-order valence-electron chi connectivity index (χ3n) is 2.85. The van der Waals surface area contributed by atoms with Crippen LogP contribution in [0.2, 0.25) is 0 Å². The van der Waals surface area contributed by atoms with Gasteiger partial charge in [-0.3, -0.25) is 9.59 Å². The van der Waals surface area contributed by atoms with Gasteiger partial charge in [-0.05, 0) is 20.5 Å². The lowest BCUT2D eigenvalue weighted by molar-refractivity contribution is -0.143. The Balaban J connectivity index is 2.47. The molecular weight excluding hydrogens is 210 g/mol. The van der Waals surface area contributed by atoms with Crippen molar-refractivity contribution in [3.05, 3.63) is 0 Å². The number of likely N-dealkylation sites (tertiary alicyclic amines) is 1. The van der Waals surface area contributed by atoms with Gasteiger partial charge in [0.1, 0.15) is 5.54 Å². The van der Waals surface area contributed by atoms with Crippen molar-refractivity contribution in [2.75, 3.05) is 33.7 Å². The molecule has 1 rings (SSSR count). The molecule has 1 fully saturated rings. The Hall–Kier alpha value is -1.14. The Kier molecular flexibility index (Phi) is 3.88. The highest BCUT2D eigenvalue weighted by Gasteiger charge is 2.42. The van der Waals surface area contributed by atoms with Gasteiger partial charge in [0.05, 0.1) is 0 Å². The molecule has 1 unspecified atom stereocenters. The molecule has 0 aliphatic carbocycles. The molecule has 1 aliphatic heterocycles. The molecule has 1 heterocycles. The maximum atomic E-state index is 11.7. The zero-order valence-corrected chi connectivity index (χ0v) is 9.77. The zero-order valence-electron chi connectivity index (χ0n) is 9.77. The number of carboxylic acid groups (broad SMARTS) is 1. The minimum Gasteiger partial charge on any atom is -0.480 e. The van der Waals surface area contributed by atoms with E-state index in [2.05, 4.69) is 0 Å². The molecule has 92 valence electrons. The van der Waals surface area contributed by atoms with Crippen LogP contribution in [0.5, 0.6) is 0 Å². The number of nitrogens with two attached hydrogens (primary N) is 1. The normalized spacial score (nSPS) is 25.1. The van der Waals surface area contributed by atoms with Crippen LogP contribution in [0.1, 0.15) is 12.8 Å². The second kappa shape index (κ2) is 4.80. The summed E-state index contributed by atoms with van der Waals surface area (Å²) < 4.78 is 0. The van der Waals surface area contributed by atoms with Crippen molar-refractivity contribution in [3.8, 4) is 0 Å². The van der Waals surface area contributed by atoms with Crippen molar-refractivity contribution in [2.45, 2.75) is 18.4 Å². The molecule has 1 amide bonds. The first-order valence-corrected chi connectivity index (χ1v) is 5.30. The first kappa shape index (κ1) is 12.9. The second-order valence-corrected chi connectivity index (χ2v) is 4.58. The van der Waals surface area contributed by atoms with Gasteiger partial charge >= 0.3 is 5.97 Å². The SMILES string of the molecule is CN(C)CCC(=O)N1CCC(N)(C(=O)O)C1. The Labute approximate surface area is 95.0 Å². The fourth-order valence-electron chi connectivity index (χ4n) is 1.70. The van der Waals surface area contributed by atoms with E-state index in [-0.39, 0.29) is 12.5 Å². The summed E-state index contributed by atoms with van der Waals surface area (Å²) in [7, 11) is 3.78. The van der Waals surface area contributed by atoms with E-state index in [1.807, 2.05) is 19.0 Å². The molecule has 0 aromatic rings. The minimum atomic E-state index is -1.26. The van der Waals surface area contributed by atoms with E-state index in [4.69, 9.17) is 10.8 Å². The lowest BCUT2D eigenvalue weighted by Crippen LogP contribution is -2.50. The van der Waals surface area contributed by atoms with Crippen LogP contribution in [0.25, 0.3) is 0 Å². The molecule has 0 aromatic heterocycles. The van der Waals surface area contributed by atoms with Crippen molar-refractivity contribution in [2.24, 2.45) is 5.73 Å². The number of nitrogens with zero attached hydrogens (tertiary/aromatic N) is 2. The van der Waals surface area contributed by atoms with Crippen molar-refractivity contribution in [3.63, 3.8) is 0 Å². The van der Waals surface area contributed by atoms with Gasteiger partial charge in [0.2, 0.25) is 5.91 Å². The van der Waals surface area contributed by atoms with Gasteiger partial charge in [-0.25, -0.2) is 0 Å². The van der Waals surface area contributed by atoms with E-state index in [1.165, 1.54) is 4.90 Å². The number of carbonyl (C=O) groups excluding carboxylic acids is 1. The number of rotatable bonds is 4. The number of aliphatic carboxylic acids is 1. The van der Waals surface area contributed by atoms with Gasteiger partial charge in [-0.15, -0.1) is 0 Å². The van der Waals surface area contributed by atoms with E-state index < -0.39 is 11.5 Å². The molecule has 1 atom stereocenters. The van der Waals surface area contributed by atoms with Crippen LogP contribution in [0.4, 0.5) is 0 Å². The van der Waals surface area contributed by atoms with Crippen LogP contribution in [-0.2, 0) is 9.59 Å². The quantitative estimate of drug-likeness (QED) is 0.642. The van der Waals surface area contributed by atoms with Gasteiger partial charge in [-0.1, -0.05) is 0 Å². The molecule has 6 heteroatoms. The predicted molar refractivity (Wildman–Crippen MR) is 58.9 cm³/mol. The molecule has 1 saturated heterocycles. The lowest BCUT2D eigenvalue weighted by atomic mass is 10.0. The fourth-order valence-corrected chi connectivity index (χ4v) is 1.70. The molecule has 0 spiro atoms. The van der Waals surface area contributed by atoms with Crippen molar-refractivity contribution >= 4 is 11.9 Å². The number of carboxylic acids is 1. The van der Waals surface area contributed by atoms with Crippen LogP contribution in [0.15, 0.2) is 0 Å². The van der Waals surface area contributed by atoms with Crippen molar-refractivity contribution in [1.29, 1.82) is 0 Å². The number of hydrogen-bond donors (Lipinski definition) is 2. The summed E-state index contributed by atoms with van der Waals surface area (Å²) in [5.74, 6) is -1.06. The molecule has 0 bridgehead atoms. The predicted octanol–water partition coefficient (Wildman–Crippen LogP) is -1.05. The van der Waals surface area contributed by atoms with Crippen molar-refractivity contribution < 1.29 is 14.7 Å². The van der Waals surface area contributed by atoms with Crippen LogP contribution in [0, 0.1) is 0 Å². The molecule has 1 aliphatic rings. The number of carbonyl (C=O) groups is 2. The fraction of sp³-hybridized carbons (Fsp3) is 0.800. The van der Waals surface area contributed by atoms with E-state index in [0.717, 1.165) is 0 Å². The summed E-state index contributed by atoms with van der Waals surface area (Å²) in [5, 5.41) is 8.92. The molecule has 0 radical (unpaired) electrons. The smallest absolute Gasteiger partial charge is 0.325 e. The standard InChI is InChI=1S/C10H19N3O3/c1-12(2)5-3-8(14)13-6-4-10(11,7-13)9(15)16/h3-7,11H2,1-2H3,(H,15,16). The molecule has 0 aromatic carbocycles. The lowest BCUT2D eigenvalue weighted by Gasteiger charge is -2.20. The summed E-state index contributed by atoms with van der Waals surface area (Å²) in [4.78, 5) is 26.1. The molecule has 3 N–H and O–H groups in total. The second-order valence-electron chi connectivity index (χ2n) is 4.58. The maximum Gasteiger partial charge on any atom is 0.325 e. The zero-order chi connectivity index (χ0) is 12.3. The Morgan fingerprint density at radius 2 is 2.12 bits per heavy atom. The molecule has 0 saturated carbocycles. The van der Waals surface area contributed by atoms with Gasteiger partial charge < -0.3 is 20.6 Å². The van der Waals surface area contributed by atoms with Crippen LogP contribution < -0.4 is 5.73 Å². The van der Waals surface area contributed by atoms with E-state index in [1.54, 1.807) is 0 Å². The Morgan fingerprint density at radius 1 is 1.50 bits per heavy atom. The third-order valence-corrected chi connectivity index (χ3v) is 2.85. The van der Waals surface area contributed by atoms with E-state index in [9.17, 15) is 9.59 Å². The highest BCUT2D eigenvalue weighted by Crippen LogP contribution is 2.19. The van der Waals surface area contributed by atoms with Crippen LogP contribution in [0.3, 0.4) is 0 Å². The average Bonchev–Trinajstić information content (AvgIpc) is 2.59. The largest absolute Gasteiger partial charge is 0.480 e. The summed E-state index contributed by atoms with van der Waals surface area (Å²) >= 11 is 0. The van der Waals surface area contributed by atoms with Crippen molar-refractivity contribution in [1.82, 2.24) is 9.80 Å². The summed E-state index contributed by atoms with van der Waals surface area (Å²) in [6.07, 6.45) is 0.735. The maximum absolute atomic E-state index is 11.7. The monoisotopic (exact) mass is 229 g/mol. The summed E-state index contributed by atoms with van der Waals surface area (Å²) in [5.41, 5.74) is 4.43. The van der Waals surface area contributed by atoms with Crippen LogP contribution in [-0.4, -0.2) is 66.1 Å². The summed E-state index contributed by atoms with van der Waals surface area (Å²) in [6.45, 7) is 1.23.